The molecule has 0 bridgehead atoms. The van der Waals surface area contributed by atoms with Crippen LogP contribution in [-0.4, -0.2) is 39.5 Å². The van der Waals surface area contributed by atoms with E-state index in [0.29, 0.717) is 18.0 Å². The van der Waals surface area contributed by atoms with E-state index in [1.54, 1.807) is 16.2 Å². The molecule has 1 aliphatic heterocycles. The molecular weight excluding hydrogens is 430 g/mol. The molecule has 8 heteroatoms. The number of rotatable bonds is 4. The predicted octanol–water partition coefficient (Wildman–Crippen LogP) is 4.51. The standard InChI is InChI=1S/C23H21N3O3S2/c1-14-11-15(2)24-22-19(14)20(25-7-3-4-8-25)21(31-22)23(28)29-13-18(27)26-9-5-17-16(12-26)6-10-30-17/h3-4,6-8,10-11H,5,9,12-13H2,1-2H3. The van der Waals surface area contributed by atoms with E-state index in [-0.39, 0.29) is 12.5 Å². The zero-order chi connectivity index (χ0) is 21.5. The number of hydrogen-bond acceptors (Lipinski definition) is 6. The van der Waals surface area contributed by atoms with E-state index in [0.717, 1.165) is 33.6 Å². The first-order valence-corrected chi connectivity index (χ1v) is 11.7. The van der Waals surface area contributed by atoms with Gasteiger partial charge in [0.1, 0.15) is 9.71 Å². The SMILES string of the molecule is Cc1cc(C)c2c(-n3cccc3)c(C(=O)OCC(=O)N3CCc4sccc4C3)sc2n1. The van der Waals surface area contributed by atoms with Crippen LogP contribution in [0.15, 0.2) is 42.0 Å². The van der Waals surface area contributed by atoms with Crippen LogP contribution in [0.2, 0.25) is 0 Å². The molecule has 6 nitrogen and oxygen atoms in total. The van der Waals surface area contributed by atoms with Gasteiger partial charge in [0.15, 0.2) is 6.61 Å². The number of fused-ring (bicyclic) bond motifs is 2. The van der Waals surface area contributed by atoms with Crippen molar-refractivity contribution in [2.75, 3.05) is 13.2 Å². The van der Waals surface area contributed by atoms with Gasteiger partial charge in [-0.25, -0.2) is 9.78 Å². The number of thiophene rings is 2. The van der Waals surface area contributed by atoms with Gasteiger partial charge >= 0.3 is 5.97 Å². The molecule has 0 saturated carbocycles. The summed E-state index contributed by atoms with van der Waals surface area (Å²) in [6, 6.07) is 7.89. The highest BCUT2D eigenvalue weighted by atomic mass is 32.1. The van der Waals surface area contributed by atoms with Crippen LogP contribution in [0.3, 0.4) is 0 Å². The molecule has 5 heterocycles. The third kappa shape index (κ3) is 3.66. The van der Waals surface area contributed by atoms with Crippen LogP contribution in [0.25, 0.3) is 15.9 Å². The highest BCUT2D eigenvalue weighted by Crippen LogP contribution is 2.36. The van der Waals surface area contributed by atoms with Crippen molar-refractivity contribution in [1.82, 2.24) is 14.5 Å². The maximum atomic E-state index is 13.0. The van der Waals surface area contributed by atoms with Gasteiger partial charge in [-0.2, -0.15) is 0 Å². The fraction of sp³-hybridized carbons (Fsp3) is 0.261. The molecule has 0 radical (unpaired) electrons. The highest BCUT2D eigenvalue weighted by molar-refractivity contribution is 7.21. The maximum absolute atomic E-state index is 13.0. The molecule has 4 aromatic rings. The van der Waals surface area contributed by atoms with Gasteiger partial charge in [-0.1, -0.05) is 0 Å². The molecule has 5 rings (SSSR count). The third-order valence-corrected chi connectivity index (χ3v) is 7.57. The lowest BCUT2D eigenvalue weighted by Gasteiger charge is -2.26. The number of pyridine rings is 1. The molecule has 31 heavy (non-hydrogen) atoms. The van der Waals surface area contributed by atoms with Crippen molar-refractivity contribution in [1.29, 1.82) is 0 Å². The van der Waals surface area contributed by atoms with Crippen LogP contribution >= 0.6 is 22.7 Å². The molecule has 0 fully saturated rings. The quantitative estimate of drug-likeness (QED) is 0.429. The number of nitrogens with zero attached hydrogens (tertiary/aromatic N) is 3. The molecule has 1 amide bonds. The monoisotopic (exact) mass is 451 g/mol. The first kappa shape index (κ1) is 20.0. The van der Waals surface area contributed by atoms with Gasteiger partial charge in [0.2, 0.25) is 0 Å². The summed E-state index contributed by atoms with van der Waals surface area (Å²) in [4.78, 5) is 34.7. The first-order chi connectivity index (χ1) is 15.0. The van der Waals surface area contributed by atoms with Gasteiger partial charge in [-0.15, -0.1) is 22.7 Å². The van der Waals surface area contributed by atoms with Crippen molar-refractivity contribution in [2.24, 2.45) is 0 Å². The number of ether oxygens (including phenoxy) is 1. The Balaban J connectivity index is 1.39. The summed E-state index contributed by atoms with van der Waals surface area (Å²) in [6.07, 6.45) is 4.65. The van der Waals surface area contributed by atoms with E-state index in [4.69, 9.17) is 4.74 Å². The number of carbonyl (C=O) groups excluding carboxylic acids is 2. The molecule has 0 unspecified atom stereocenters. The highest BCUT2D eigenvalue weighted by Gasteiger charge is 2.26. The lowest BCUT2D eigenvalue weighted by molar-refractivity contribution is -0.135. The first-order valence-electron chi connectivity index (χ1n) is 10.1. The van der Waals surface area contributed by atoms with Crippen LogP contribution in [0.4, 0.5) is 0 Å². The second-order valence-corrected chi connectivity index (χ2v) is 9.64. The Morgan fingerprint density at radius 1 is 1.23 bits per heavy atom. The fourth-order valence-electron chi connectivity index (χ4n) is 4.04. The van der Waals surface area contributed by atoms with Crippen molar-refractivity contribution >= 4 is 44.8 Å². The number of carbonyl (C=O) groups is 2. The molecule has 0 spiro atoms. The van der Waals surface area contributed by atoms with Crippen molar-refractivity contribution in [2.45, 2.75) is 26.8 Å². The summed E-state index contributed by atoms with van der Waals surface area (Å²) in [5.74, 6) is -0.663. The molecule has 0 saturated heterocycles. The van der Waals surface area contributed by atoms with Crippen molar-refractivity contribution in [3.63, 3.8) is 0 Å². The van der Waals surface area contributed by atoms with E-state index in [1.807, 2.05) is 49.0 Å². The number of amides is 1. The van der Waals surface area contributed by atoms with E-state index in [9.17, 15) is 9.59 Å². The van der Waals surface area contributed by atoms with Gasteiger partial charge in [0.05, 0.1) is 5.69 Å². The number of aromatic nitrogens is 2. The third-order valence-electron chi connectivity index (χ3n) is 5.50. The molecule has 0 atom stereocenters. The minimum atomic E-state index is -0.495. The maximum Gasteiger partial charge on any atom is 0.351 e. The van der Waals surface area contributed by atoms with Gasteiger partial charge in [0, 0.05) is 41.4 Å². The minimum absolute atomic E-state index is 0.168. The average Bonchev–Trinajstić information content (AvgIpc) is 3.49. The zero-order valence-corrected chi connectivity index (χ0v) is 18.9. The Morgan fingerprint density at radius 3 is 2.84 bits per heavy atom. The molecule has 0 N–H and O–H groups in total. The fourth-order valence-corrected chi connectivity index (χ4v) is 6.12. The van der Waals surface area contributed by atoms with E-state index < -0.39 is 5.97 Å². The second-order valence-electron chi connectivity index (χ2n) is 7.64. The summed E-state index contributed by atoms with van der Waals surface area (Å²) in [5.41, 5.74) is 3.90. The second kappa shape index (κ2) is 7.94. The normalized spacial score (nSPS) is 13.4. The summed E-state index contributed by atoms with van der Waals surface area (Å²) in [5, 5.41) is 2.99. The van der Waals surface area contributed by atoms with Crippen LogP contribution in [-0.2, 0) is 22.5 Å². The Hall–Kier alpha value is -2.97. The van der Waals surface area contributed by atoms with Crippen LogP contribution in [0, 0.1) is 13.8 Å². The summed E-state index contributed by atoms with van der Waals surface area (Å²) < 4.78 is 7.40. The summed E-state index contributed by atoms with van der Waals surface area (Å²) in [6.45, 7) is 4.93. The predicted molar refractivity (Wildman–Crippen MR) is 122 cm³/mol. The van der Waals surface area contributed by atoms with Crippen molar-refractivity contribution in [3.8, 4) is 5.69 Å². The average molecular weight is 452 g/mol. The largest absolute Gasteiger partial charge is 0.451 e. The van der Waals surface area contributed by atoms with E-state index in [2.05, 4.69) is 16.4 Å². The minimum Gasteiger partial charge on any atom is -0.451 e. The Morgan fingerprint density at radius 2 is 2.03 bits per heavy atom. The van der Waals surface area contributed by atoms with Crippen LogP contribution < -0.4 is 0 Å². The topological polar surface area (TPSA) is 64.4 Å². The van der Waals surface area contributed by atoms with Gasteiger partial charge in [-0.05, 0) is 61.0 Å². The van der Waals surface area contributed by atoms with E-state index in [1.165, 1.54) is 21.8 Å². The lowest BCUT2D eigenvalue weighted by atomic mass is 10.1. The van der Waals surface area contributed by atoms with Crippen LogP contribution in [0.5, 0.6) is 0 Å². The summed E-state index contributed by atoms with van der Waals surface area (Å²) >= 11 is 3.04. The molecule has 0 aromatic carbocycles. The Kier molecular flexibility index (Phi) is 5.11. The van der Waals surface area contributed by atoms with Gasteiger partial charge in [-0.3, -0.25) is 4.79 Å². The Bertz CT molecular complexity index is 1290. The van der Waals surface area contributed by atoms with Crippen LogP contribution in [0.1, 0.15) is 31.4 Å². The molecule has 0 aliphatic carbocycles. The lowest BCUT2D eigenvalue weighted by Crippen LogP contribution is -2.38. The summed E-state index contributed by atoms with van der Waals surface area (Å²) in [7, 11) is 0. The van der Waals surface area contributed by atoms with Gasteiger partial charge < -0.3 is 14.2 Å². The molecule has 1 aliphatic rings. The number of esters is 1. The Labute approximate surface area is 187 Å². The van der Waals surface area contributed by atoms with Crippen molar-refractivity contribution in [3.05, 3.63) is 68.6 Å². The molecule has 4 aromatic heterocycles. The number of aryl methyl sites for hydroxylation is 2. The molecular formula is C23H21N3O3S2. The molecule has 158 valence electrons. The van der Waals surface area contributed by atoms with Gasteiger partial charge in [0.25, 0.3) is 5.91 Å². The van der Waals surface area contributed by atoms with E-state index >= 15 is 0 Å². The number of hydrogen-bond donors (Lipinski definition) is 0. The smallest absolute Gasteiger partial charge is 0.351 e. The zero-order valence-electron chi connectivity index (χ0n) is 17.3. The van der Waals surface area contributed by atoms with Crippen molar-refractivity contribution < 1.29 is 14.3 Å².